The van der Waals surface area contributed by atoms with Crippen molar-refractivity contribution in [3.63, 3.8) is 0 Å². The molecule has 1 saturated heterocycles. The number of hydrogen-bond donors (Lipinski definition) is 7. The third-order valence-electron chi connectivity index (χ3n) is 5.69. The van der Waals surface area contributed by atoms with Gasteiger partial charge in [0.25, 0.3) is 0 Å². The summed E-state index contributed by atoms with van der Waals surface area (Å²) in [5.74, 6) is -6.02. The Balaban J connectivity index is 2.10. The number of hydrogen-bond acceptors (Lipinski definition) is 8. The van der Waals surface area contributed by atoms with Crippen LogP contribution in [0.15, 0.2) is 12.5 Å². The monoisotopic (exact) mass is 510 g/mol. The van der Waals surface area contributed by atoms with Gasteiger partial charge >= 0.3 is 17.9 Å². The van der Waals surface area contributed by atoms with E-state index in [9.17, 15) is 33.9 Å². The lowest BCUT2D eigenvalue weighted by atomic mass is 10.1. The molecule has 4 atom stereocenters. The van der Waals surface area contributed by atoms with E-state index in [-0.39, 0.29) is 32.2 Å². The van der Waals surface area contributed by atoms with Crippen molar-refractivity contribution in [1.29, 1.82) is 0 Å². The minimum absolute atomic E-state index is 0.0906. The number of aliphatic carboxylic acids is 3. The Bertz CT molecular complexity index is 967. The Morgan fingerprint density at radius 3 is 2.25 bits per heavy atom. The molecule has 8 N–H and O–H groups in total. The van der Waals surface area contributed by atoms with E-state index >= 15 is 0 Å². The van der Waals surface area contributed by atoms with Crippen LogP contribution in [0.25, 0.3) is 0 Å². The summed E-state index contributed by atoms with van der Waals surface area (Å²) in [6.07, 6.45) is 2.09. The molecule has 1 aliphatic rings. The second kappa shape index (κ2) is 13.2. The van der Waals surface area contributed by atoms with Gasteiger partial charge in [-0.1, -0.05) is 0 Å². The highest BCUT2D eigenvalue weighted by Gasteiger charge is 2.39. The Hall–Kier alpha value is -4.01. The van der Waals surface area contributed by atoms with E-state index in [0.717, 1.165) is 0 Å². The van der Waals surface area contributed by atoms with Gasteiger partial charge in [-0.3, -0.25) is 24.0 Å². The van der Waals surface area contributed by atoms with Gasteiger partial charge in [-0.25, -0.2) is 9.78 Å². The second-order valence-corrected chi connectivity index (χ2v) is 8.40. The highest BCUT2D eigenvalue weighted by Crippen LogP contribution is 2.20. The maximum absolute atomic E-state index is 13.3. The number of nitrogens with one attached hydrogen (secondary N) is 3. The zero-order valence-electron chi connectivity index (χ0n) is 19.4. The molecular weight excluding hydrogens is 480 g/mol. The Morgan fingerprint density at radius 2 is 1.69 bits per heavy atom. The molecule has 0 radical (unpaired) electrons. The van der Waals surface area contributed by atoms with Gasteiger partial charge in [0.2, 0.25) is 17.7 Å². The van der Waals surface area contributed by atoms with Gasteiger partial charge < -0.3 is 41.6 Å². The number of rotatable bonds is 14. The molecule has 15 heteroatoms. The van der Waals surface area contributed by atoms with Crippen molar-refractivity contribution >= 4 is 35.6 Å². The Labute approximate surface area is 205 Å². The van der Waals surface area contributed by atoms with Crippen molar-refractivity contribution in [2.75, 3.05) is 6.54 Å². The number of carbonyl (C=O) groups excluding carboxylic acids is 3. The average Bonchev–Trinajstić information content (AvgIpc) is 3.50. The first-order valence-corrected chi connectivity index (χ1v) is 11.3. The van der Waals surface area contributed by atoms with Crippen molar-refractivity contribution < 1.29 is 44.1 Å². The van der Waals surface area contributed by atoms with Crippen LogP contribution >= 0.6 is 0 Å². The standard InChI is InChI=1S/C21H30N6O9/c22-12(8-11-9-23-10-24-11)18(32)25-13(3-5-16(28)29)20(34)27-7-1-2-15(27)19(33)26-14(21(35)36)4-6-17(30)31/h9-10,12-15H,1-8,22H2,(H,23,24)(H,25,32)(H,26,33)(H,28,29)(H,30,31)(H,35,36). The van der Waals surface area contributed by atoms with Crippen LogP contribution in [0.4, 0.5) is 0 Å². The van der Waals surface area contributed by atoms with Crippen LogP contribution in [0.2, 0.25) is 0 Å². The zero-order valence-corrected chi connectivity index (χ0v) is 19.4. The minimum atomic E-state index is -1.46. The molecule has 3 amide bonds. The molecule has 36 heavy (non-hydrogen) atoms. The molecule has 4 unspecified atom stereocenters. The number of H-pyrrole nitrogens is 1. The molecule has 198 valence electrons. The number of carbonyl (C=O) groups is 6. The summed E-state index contributed by atoms with van der Waals surface area (Å²) in [6, 6.07) is -4.87. The molecule has 15 nitrogen and oxygen atoms in total. The predicted octanol–water partition coefficient (Wildman–Crippen LogP) is -1.95. The molecule has 0 spiro atoms. The highest BCUT2D eigenvalue weighted by molar-refractivity contribution is 5.94. The molecule has 0 aromatic carbocycles. The van der Waals surface area contributed by atoms with E-state index in [1.54, 1.807) is 0 Å². The van der Waals surface area contributed by atoms with Crippen molar-refractivity contribution in [3.05, 3.63) is 18.2 Å². The van der Waals surface area contributed by atoms with Gasteiger partial charge in [0.15, 0.2) is 0 Å². The number of carboxylic acids is 3. The number of carboxylic acid groups (broad SMARTS) is 3. The number of aromatic amines is 1. The predicted molar refractivity (Wildman–Crippen MR) is 120 cm³/mol. The quantitative estimate of drug-likeness (QED) is 0.145. The highest BCUT2D eigenvalue weighted by atomic mass is 16.4. The van der Waals surface area contributed by atoms with Crippen LogP contribution in [-0.4, -0.2) is 96.5 Å². The summed E-state index contributed by atoms with van der Waals surface area (Å²) in [5.41, 5.74) is 6.49. The first kappa shape index (κ1) is 28.2. The van der Waals surface area contributed by atoms with E-state index in [4.69, 9.17) is 15.9 Å². The molecule has 2 heterocycles. The normalized spacial score (nSPS) is 17.6. The molecular formula is C21H30N6O9. The van der Waals surface area contributed by atoms with Gasteiger partial charge in [0.1, 0.15) is 18.1 Å². The number of aromatic nitrogens is 2. The summed E-state index contributed by atoms with van der Waals surface area (Å²) >= 11 is 0. The van der Waals surface area contributed by atoms with Crippen LogP contribution < -0.4 is 16.4 Å². The summed E-state index contributed by atoms with van der Waals surface area (Å²) in [4.78, 5) is 79.8. The molecule has 1 aromatic heterocycles. The van der Waals surface area contributed by atoms with Crippen molar-refractivity contribution in [2.45, 2.75) is 69.1 Å². The smallest absolute Gasteiger partial charge is 0.326 e. The SMILES string of the molecule is NC(Cc1cnc[nH]1)C(=O)NC(CCC(=O)O)C(=O)N1CCCC1C(=O)NC(CCC(=O)O)C(=O)O. The molecule has 0 bridgehead atoms. The minimum Gasteiger partial charge on any atom is -0.481 e. The summed E-state index contributed by atoms with van der Waals surface area (Å²) in [6.45, 7) is 0.128. The second-order valence-electron chi connectivity index (χ2n) is 8.40. The lowest BCUT2D eigenvalue weighted by molar-refractivity contribution is -0.145. The van der Waals surface area contributed by atoms with Gasteiger partial charge in [0, 0.05) is 37.7 Å². The number of likely N-dealkylation sites (tertiary alicyclic amines) is 1. The summed E-state index contributed by atoms with van der Waals surface area (Å²) < 4.78 is 0. The third-order valence-corrected chi connectivity index (χ3v) is 5.69. The first-order valence-electron chi connectivity index (χ1n) is 11.3. The van der Waals surface area contributed by atoms with E-state index in [1.807, 2.05) is 0 Å². The molecule has 0 aliphatic carbocycles. The largest absolute Gasteiger partial charge is 0.481 e. The Morgan fingerprint density at radius 1 is 1.06 bits per heavy atom. The molecule has 1 aromatic rings. The fraction of sp³-hybridized carbons (Fsp3) is 0.571. The van der Waals surface area contributed by atoms with E-state index in [1.165, 1.54) is 17.4 Å². The fourth-order valence-electron chi connectivity index (χ4n) is 3.83. The average molecular weight is 511 g/mol. The molecule has 1 fully saturated rings. The van der Waals surface area contributed by atoms with Gasteiger partial charge in [-0.05, 0) is 25.7 Å². The fourth-order valence-corrected chi connectivity index (χ4v) is 3.83. The van der Waals surface area contributed by atoms with Gasteiger partial charge in [-0.2, -0.15) is 0 Å². The van der Waals surface area contributed by atoms with E-state index < -0.39 is 72.6 Å². The number of nitrogens with zero attached hydrogens (tertiary/aromatic N) is 2. The third kappa shape index (κ3) is 8.33. The zero-order chi connectivity index (χ0) is 26.8. The Kier molecular flexibility index (Phi) is 10.3. The number of nitrogens with two attached hydrogens (primary N) is 1. The maximum Gasteiger partial charge on any atom is 0.326 e. The maximum atomic E-state index is 13.3. The van der Waals surface area contributed by atoms with Crippen LogP contribution in [0.3, 0.4) is 0 Å². The van der Waals surface area contributed by atoms with Crippen LogP contribution in [0, 0.1) is 0 Å². The molecule has 1 aliphatic heterocycles. The number of amides is 3. The van der Waals surface area contributed by atoms with Gasteiger partial charge in [0.05, 0.1) is 12.4 Å². The molecule has 2 rings (SSSR count). The topological polar surface area (TPSA) is 245 Å². The van der Waals surface area contributed by atoms with Gasteiger partial charge in [-0.15, -0.1) is 0 Å². The van der Waals surface area contributed by atoms with Crippen molar-refractivity contribution in [1.82, 2.24) is 25.5 Å². The van der Waals surface area contributed by atoms with Crippen LogP contribution in [0.5, 0.6) is 0 Å². The lowest BCUT2D eigenvalue weighted by Gasteiger charge is -2.29. The van der Waals surface area contributed by atoms with Crippen LogP contribution in [0.1, 0.15) is 44.2 Å². The van der Waals surface area contributed by atoms with E-state index in [0.29, 0.717) is 12.1 Å². The first-order chi connectivity index (χ1) is 17.0. The van der Waals surface area contributed by atoms with E-state index in [2.05, 4.69) is 20.6 Å². The van der Waals surface area contributed by atoms with Crippen molar-refractivity contribution in [3.8, 4) is 0 Å². The van der Waals surface area contributed by atoms with Crippen molar-refractivity contribution in [2.24, 2.45) is 5.73 Å². The summed E-state index contributed by atoms with van der Waals surface area (Å²) in [7, 11) is 0. The summed E-state index contributed by atoms with van der Waals surface area (Å²) in [5, 5.41) is 31.9. The van der Waals surface area contributed by atoms with Crippen LogP contribution in [-0.2, 0) is 35.2 Å². The lowest BCUT2D eigenvalue weighted by Crippen LogP contribution is -2.57. The number of imidazole rings is 1. The molecule has 0 saturated carbocycles.